The highest BCUT2D eigenvalue weighted by molar-refractivity contribution is 9.10. The average molecular weight is 382 g/mol. The van der Waals surface area contributed by atoms with Crippen LogP contribution in [0, 0.1) is 0 Å². The van der Waals surface area contributed by atoms with Crippen LogP contribution in [0.2, 0.25) is 0 Å². The van der Waals surface area contributed by atoms with E-state index in [0.29, 0.717) is 24.7 Å². The van der Waals surface area contributed by atoms with Gasteiger partial charge in [-0.15, -0.1) is 10.2 Å². The van der Waals surface area contributed by atoms with E-state index in [4.69, 9.17) is 9.47 Å². The number of ether oxygens (including phenoxy) is 2. The molecule has 2 rings (SSSR count). The number of nitrogens with zero attached hydrogens (tertiary/aromatic N) is 3. The van der Waals surface area contributed by atoms with E-state index in [-0.39, 0.29) is 11.5 Å². The van der Waals surface area contributed by atoms with Gasteiger partial charge in [0.15, 0.2) is 11.5 Å². The van der Waals surface area contributed by atoms with Crippen LogP contribution < -0.4 is 20.5 Å². The molecule has 0 saturated carbocycles. The van der Waals surface area contributed by atoms with E-state index in [9.17, 15) is 4.79 Å². The van der Waals surface area contributed by atoms with Crippen LogP contribution in [0.1, 0.15) is 19.4 Å². The molecule has 0 spiro atoms. The number of nitrogens with one attached hydrogen (secondary N) is 2. The first kappa shape index (κ1) is 16.9. The Balaban J connectivity index is 2.19. The number of aromatic nitrogens is 3. The first-order chi connectivity index (χ1) is 11.1. The molecule has 122 valence electrons. The summed E-state index contributed by atoms with van der Waals surface area (Å²) in [5.41, 5.74) is 3.02. The quantitative estimate of drug-likeness (QED) is 0.562. The maximum Gasteiger partial charge on any atom is 0.271 e. The molecule has 0 unspecified atom stereocenters. The molecule has 0 amide bonds. The van der Waals surface area contributed by atoms with Gasteiger partial charge in [0.1, 0.15) is 6.20 Å². The molecular weight excluding hydrogens is 366 g/mol. The number of benzene rings is 1. The van der Waals surface area contributed by atoms with E-state index in [1.165, 1.54) is 0 Å². The third-order valence-electron chi connectivity index (χ3n) is 2.58. The van der Waals surface area contributed by atoms with Crippen molar-refractivity contribution in [3.05, 3.63) is 38.7 Å². The molecule has 0 aliphatic carbocycles. The first-order valence-corrected chi connectivity index (χ1v) is 7.73. The van der Waals surface area contributed by atoms with E-state index in [1.807, 2.05) is 26.0 Å². The Kier molecular flexibility index (Phi) is 6.10. The minimum absolute atomic E-state index is 0.156. The zero-order chi connectivity index (χ0) is 16.7. The normalized spacial score (nSPS) is 10.7. The van der Waals surface area contributed by atoms with E-state index in [2.05, 4.69) is 41.6 Å². The molecule has 8 nitrogen and oxygen atoms in total. The Hall–Kier alpha value is -2.42. The maximum absolute atomic E-state index is 11.1. The number of rotatable bonds is 7. The lowest BCUT2D eigenvalue weighted by Crippen LogP contribution is -2.10. The van der Waals surface area contributed by atoms with Crippen molar-refractivity contribution in [3.8, 4) is 11.5 Å². The summed E-state index contributed by atoms with van der Waals surface area (Å²) in [4.78, 5) is 13.6. The molecule has 0 aliphatic rings. The Labute approximate surface area is 141 Å². The monoisotopic (exact) mass is 381 g/mol. The fourth-order valence-electron chi connectivity index (χ4n) is 1.74. The molecule has 0 aliphatic heterocycles. The SMILES string of the molecule is CCOc1cc(/C=N/Nc2nncc(=O)[nH]2)cc(Br)c1OCC. The number of aromatic amines is 1. The number of hydrogen-bond donors (Lipinski definition) is 2. The minimum atomic E-state index is -0.361. The smallest absolute Gasteiger partial charge is 0.271 e. The molecule has 2 aromatic rings. The molecule has 0 saturated heterocycles. The summed E-state index contributed by atoms with van der Waals surface area (Å²) in [7, 11) is 0. The van der Waals surface area contributed by atoms with Crippen LogP contribution in [0.3, 0.4) is 0 Å². The molecule has 0 atom stereocenters. The zero-order valence-electron chi connectivity index (χ0n) is 12.7. The molecule has 0 radical (unpaired) electrons. The average Bonchev–Trinajstić information content (AvgIpc) is 2.51. The summed E-state index contributed by atoms with van der Waals surface area (Å²) in [5.74, 6) is 1.43. The van der Waals surface area contributed by atoms with Gasteiger partial charge in [-0.3, -0.25) is 9.78 Å². The van der Waals surface area contributed by atoms with Crippen molar-refractivity contribution in [2.45, 2.75) is 13.8 Å². The highest BCUT2D eigenvalue weighted by atomic mass is 79.9. The van der Waals surface area contributed by atoms with Gasteiger partial charge in [0.2, 0.25) is 5.95 Å². The highest BCUT2D eigenvalue weighted by Gasteiger charge is 2.11. The van der Waals surface area contributed by atoms with E-state index in [0.717, 1.165) is 16.2 Å². The highest BCUT2D eigenvalue weighted by Crippen LogP contribution is 2.36. The molecule has 1 heterocycles. The summed E-state index contributed by atoms with van der Waals surface area (Å²) in [6, 6.07) is 3.65. The minimum Gasteiger partial charge on any atom is -0.490 e. The number of H-pyrrole nitrogens is 1. The Bertz CT molecular complexity index is 747. The van der Waals surface area contributed by atoms with Gasteiger partial charge in [-0.1, -0.05) is 0 Å². The Morgan fingerprint density at radius 2 is 2.13 bits per heavy atom. The predicted molar refractivity (Wildman–Crippen MR) is 90.3 cm³/mol. The third-order valence-corrected chi connectivity index (χ3v) is 3.17. The lowest BCUT2D eigenvalue weighted by molar-refractivity contribution is 0.286. The van der Waals surface area contributed by atoms with Crippen LogP contribution in [-0.2, 0) is 0 Å². The van der Waals surface area contributed by atoms with Crippen molar-refractivity contribution in [2.24, 2.45) is 5.10 Å². The first-order valence-electron chi connectivity index (χ1n) is 6.94. The Morgan fingerprint density at radius 3 is 2.83 bits per heavy atom. The molecule has 1 aromatic heterocycles. The third kappa shape index (κ3) is 4.78. The number of hydrazone groups is 1. The number of hydrogen-bond acceptors (Lipinski definition) is 7. The van der Waals surface area contributed by atoms with Crippen LogP contribution in [0.25, 0.3) is 0 Å². The lowest BCUT2D eigenvalue weighted by Gasteiger charge is -2.13. The van der Waals surface area contributed by atoms with Gasteiger partial charge in [0, 0.05) is 0 Å². The lowest BCUT2D eigenvalue weighted by atomic mass is 10.2. The fourth-order valence-corrected chi connectivity index (χ4v) is 2.32. The predicted octanol–water partition coefficient (Wildman–Crippen LogP) is 2.17. The van der Waals surface area contributed by atoms with Crippen LogP contribution in [-0.4, -0.2) is 34.6 Å². The van der Waals surface area contributed by atoms with Crippen molar-refractivity contribution in [2.75, 3.05) is 18.6 Å². The molecule has 2 N–H and O–H groups in total. The topological polar surface area (TPSA) is 101 Å². The number of halogens is 1. The van der Waals surface area contributed by atoms with Gasteiger partial charge < -0.3 is 9.47 Å². The second kappa shape index (κ2) is 8.28. The van der Waals surface area contributed by atoms with Crippen molar-refractivity contribution in [1.29, 1.82) is 0 Å². The van der Waals surface area contributed by atoms with Crippen LogP contribution in [0.15, 0.2) is 32.7 Å². The largest absolute Gasteiger partial charge is 0.490 e. The van der Waals surface area contributed by atoms with E-state index in [1.54, 1.807) is 6.21 Å². The van der Waals surface area contributed by atoms with E-state index < -0.39 is 0 Å². The van der Waals surface area contributed by atoms with Gasteiger partial charge in [0.05, 0.1) is 23.9 Å². The molecule has 1 aromatic carbocycles. The summed E-state index contributed by atoms with van der Waals surface area (Å²) in [6.45, 7) is 4.86. The summed E-state index contributed by atoms with van der Waals surface area (Å²) in [5, 5.41) is 11.2. The van der Waals surface area contributed by atoms with Gasteiger partial charge in [0.25, 0.3) is 5.56 Å². The maximum atomic E-state index is 11.1. The molecule has 0 bridgehead atoms. The molecule has 0 fully saturated rings. The molecular formula is C14H16BrN5O3. The standard InChI is InChI=1S/C14H16BrN5O3/c1-3-22-11-6-9(5-10(15)13(11)23-4-2)7-16-19-14-18-12(21)8-17-20-14/h5-8H,3-4H2,1-2H3,(H2,18,19,20,21)/b16-7+. The van der Waals surface area contributed by atoms with E-state index >= 15 is 0 Å². The van der Waals surface area contributed by atoms with Crippen LogP contribution in [0.4, 0.5) is 5.95 Å². The van der Waals surface area contributed by atoms with Gasteiger partial charge in [-0.05, 0) is 47.5 Å². The van der Waals surface area contributed by atoms with Gasteiger partial charge >= 0.3 is 0 Å². The molecule has 9 heteroatoms. The second-order valence-electron chi connectivity index (χ2n) is 4.25. The number of anilines is 1. The summed E-state index contributed by atoms with van der Waals surface area (Å²) in [6.07, 6.45) is 2.64. The second-order valence-corrected chi connectivity index (χ2v) is 5.10. The molecule has 23 heavy (non-hydrogen) atoms. The van der Waals surface area contributed by atoms with Crippen molar-refractivity contribution >= 4 is 28.1 Å². The van der Waals surface area contributed by atoms with Gasteiger partial charge in [-0.25, -0.2) is 5.43 Å². The zero-order valence-corrected chi connectivity index (χ0v) is 14.3. The van der Waals surface area contributed by atoms with Crippen molar-refractivity contribution < 1.29 is 9.47 Å². The van der Waals surface area contributed by atoms with Crippen LogP contribution in [0.5, 0.6) is 11.5 Å². The van der Waals surface area contributed by atoms with Crippen molar-refractivity contribution in [1.82, 2.24) is 15.2 Å². The van der Waals surface area contributed by atoms with Gasteiger partial charge in [-0.2, -0.15) is 5.10 Å². The summed E-state index contributed by atoms with van der Waals surface area (Å²) < 4.78 is 11.9. The fraction of sp³-hybridized carbons (Fsp3) is 0.286. The summed E-state index contributed by atoms with van der Waals surface area (Å²) >= 11 is 3.46. The Morgan fingerprint density at radius 1 is 1.35 bits per heavy atom. The van der Waals surface area contributed by atoms with Crippen LogP contribution >= 0.6 is 15.9 Å². The van der Waals surface area contributed by atoms with Crippen molar-refractivity contribution in [3.63, 3.8) is 0 Å².